The minimum atomic E-state index is 0.549. The Hall–Kier alpha value is -0.560. The van der Waals surface area contributed by atoms with E-state index in [0.717, 1.165) is 47.8 Å². The summed E-state index contributed by atoms with van der Waals surface area (Å²) in [4.78, 5) is 2.23. The van der Waals surface area contributed by atoms with Crippen LogP contribution in [0.3, 0.4) is 0 Å². The molecule has 0 amide bonds. The zero-order valence-corrected chi connectivity index (χ0v) is 45.6. The second-order valence-corrected chi connectivity index (χ2v) is 23.8. The maximum atomic E-state index is 2.76. The van der Waals surface area contributed by atoms with E-state index in [0.29, 0.717) is 16.2 Å². The second-order valence-electron chi connectivity index (χ2n) is 23.8. The average Bonchev–Trinajstić information content (AvgIpc) is 3.56. The van der Waals surface area contributed by atoms with Gasteiger partial charge in [0, 0.05) is 6.54 Å². The summed E-state index contributed by atoms with van der Waals surface area (Å²) >= 11 is 0. The normalized spacial score (nSPS) is 28.9. The predicted octanol–water partition coefficient (Wildman–Crippen LogP) is 20.7. The van der Waals surface area contributed by atoms with E-state index in [1.807, 2.05) is 0 Å². The van der Waals surface area contributed by atoms with Crippen LogP contribution < -0.4 is 0 Å². The lowest BCUT2D eigenvalue weighted by Gasteiger charge is -2.57. The van der Waals surface area contributed by atoms with Crippen LogP contribution in [0, 0.1) is 57.7 Å². The van der Waals surface area contributed by atoms with Crippen molar-refractivity contribution in [3.8, 4) is 0 Å². The monoisotopic (exact) mass is 866 g/mol. The van der Waals surface area contributed by atoms with Crippen LogP contribution in [0.5, 0.6) is 0 Å². The summed E-state index contributed by atoms with van der Waals surface area (Å²) < 4.78 is 0. The molecule has 9 unspecified atom stereocenters. The first-order valence-electron chi connectivity index (χ1n) is 28.6. The van der Waals surface area contributed by atoms with E-state index >= 15 is 0 Å². The fourth-order valence-corrected chi connectivity index (χ4v) is 12.9. The summed E-state index contributed by atoms with van der Waals surface area (Å²) in [6.07, 6.45) is 54.9. The van der Waals surface area contributed by atoms with Gasteiger partial charge in [-0.1, -0.05) is 223 Å². The molecule has 0 saturated heterocycles. The lowest BCUT2D eigenvalue weighted by Crippen LogP contribution is -2.48. The molecular formula is C61H119N. The maximum absolute atomic E-state index is 2.76. The highest BCUT2D eigenvalue weighted by Crippen LogP contribution is 2.63. The third kappa shape index (κ3) is 23.3. The molecule has 0 heterocycles. The summed E-state index contributed by atoms with van der Waals surface area (Å²) in [5.41, 5.74) is 1.72. The largest absolute Gasteiger partial charge is 0.309 e. The molecule has 1 heteroatoms. The first kappa shape index (κ1) is 59.5. The van der Waals surface area contributed by atoms with Crippen LogP contribution in [0.2, 0.25) is 0 Å². The van der Waals surface area contributed by atoms with Crippen LogP contribution in [0.15, 0.2) is 24.3 Å². The molecule has 368 valence electrons. The third-order valence-corrected chi connectivity index (χ3v) is 17.8. The number of rotatable bonds is 27. The van der Waals surface area contributed by atoms with E-state index in [-0.39, 0.29) is 0 Å². The minimum absolute atomic E-state index is 0.549. The molecule has 3 rings (SSSR count). The van der Waals surface area contributed by atoms with E-state index in [9.17, 15) is 0 Å². The molecule has 1 nitrogen and oxygen atoms in total. The lowest BCUT2D eigenvalue weighted by molar-refractivity contribution is -0.0744. The highest BCUT2D eigenvalue weighted by Gasteiger charge is 2.54. The molecule has 0 bridgehead atoms. The van der Waals surface area contributed by atoms with Gasteiger partial charge in [-0.3, -0.25) is 0 Å². The van der Waals surface area contributed by atoms with Gasteiger partial charge in [0.1, 0.15) is 0 Å². The molecule has 0 spiro atoms. The van der Waals surface area contributed by atoms with Crippen LogP contribution in [0.4, 0.5) is 0 Å². The number of nitrogens with zero attached hydrogens (tertiary/aromatic N) is 1. The van der Waals surface area contributed by atoms with Gasteiger partial charge in [0.15, 0.2) is 0 Å². The fourth-order valence-electron chi connectivity index (χ4n) is 12.9. The molecule has 0 aromatic rings. The van der Waals surface area contributed by atoms with Gasteiger partial charge in [-0.25, -0.2) is 0 Å². The Morgan fingerprint density at radius 1 is 0.597 bits per heavy atom. The van der Waals surface area contributed by atoms with Gasteiger partial charge in [-0.05, 0) is 162 Å². The number of allylic oxidation sites excluding steroid dienone is 4. The SMILES string of the molecule is CCC(C)CN(C)C.CCCCC/C=C\C/C=C\CCCCCCCCC.CCCCCCC1CCC2(C)C(C)CCC3(C)C(CCCC2(C)C1)CCC3C(C)CCCC(C)C. The Kier molecular flexibility index (Phi) is 33.3. The summed E-state index contributed by atoms with van der Waals surface area (Å²) in [5, 5.41) is 0. The summed E-state index contributed by atoms with van der Waals surface area (Å²) in [6, 6.07) is 0. The Balaban J connectivity index is 0.000000595. The first-order valence-corrected chi connectivity index (χ1v) is 28.6. The molecule has 3 aliphatic rings. The fraction of sp³-hybridized carbons (Fsp3) is 0.934. The topological polar surface area (TPSA) is 3.24 Å². The predicted molar refractivity (Wildman–Crippen MR) is 284 cm³/mol. The van der Waals surface area contributed by atoms with Gasteiger partial charge in [0.2, 0.25) is 0 Å². The minimum Gasteiger partial charge on any atom is -0.309 e. The van der Waals surface area contributed by atoms with Crippen molar-refractivity contribution in [2.45, 2.75) is 289 Å². The van der Waals surface area contributed by atoms with Crippen molar-refractivity contribution in [2.75, 3.05) is 20.6 Å². The summed E-state index contributed by atoms with van der Waals surface area (Å²) in [5.74, 6) is 6.49. The number of unbranched alkanes of at least 4 members (excludes halogenated alkanes) is 13. The smallest absolute Gasteiger partial charge is 0.0000818 e. The van der Waals surface area contributed by atoms with Crippen molar-refractivity contribution in [3.05, 3.63) is 24.3 Å². The lowest BCUT2D eigenvalue weighted by atomic mass is 9.48. The Labute approximate surface area is 394 Å². The Bertz CT molecular complexity index is 1080. The molecule has 0 aromatic heterocycles. The van der Waals surface area contributed by atoms with Gasteiger partial charge in [0.25, 0.3) is 0 Å². The quantitative estimate of drug-likeness (QED) is 0.0587. The van der Waals surface area contributed by atoms with E-state index in [4.69, 9.17) is 0 Å². The molecule has 3 fully saturated rings. The van der Waals surface area contributed by atoms with Gasteiger partial charge in [-0.15, -0.1) is 0 Å². The zero-order chi connectivity index (χ0) is 46.3. The molecule has 62 heavy (non-hydrogen) atoms. The van der Waals surface area contributed by atoms with Crippen LogP contribution >= 0.6 is 0 Å². The molecule has 0 aromatic carbocycles. The summed E-state index contributed by atoms with van der Waals surface area (Å²) in [7, 11) is 4.23. The van der Waals surface area contributed by atoms with Crippen molar-refractivity contribution in [1.29, 1.82) is 0 Å². The van der Waals surface area contributed by atoms with Crippen molar-refractivity contribution < 1.29 is 0 Å². The number of fused-ring (bicyclic) bond motifs is 2. The van der Waals surface area contributed by atoms with E-state index in [2.05, 4.69) is 126 Å². The number of hydrogen-bond donors (Lipinski definition) is 0. The second kappa shape index (κ2) is 34.7. The van der Waals surface area contributed by atoms with E-state index < -0.39 is 0 Å². The molecule has 0 aliphatic heterocycles. The van der Waals surface area contributed by atoms with E-state index in [1.54, 1.807) is 0 Å². The van der Waals surface area contributed by atoms with Crippen LogP contribution in [-0.4, -0.2) is 25.5 Å². The maximum Gasteiger partial charge on any atom is 0.0000818 e. The van der Waals surface area contributed by atoms with Crippen molar-refractivity contribution in [3.63, 3.8) is 0 Å². The third-order valence-electron chi connectivity index (χ3n) is 17.8. The van der Waals surface area contributed by atoms with Gasteiger partial charge >= 0.3 is 0 Å². The van der Waals surface area contributed by atoms with Crippen molar-refractivity contribution in [1.82, 2.24) is 4.90 Å². The van der Waals surface area contributed by atoms with Crippen molar-refractivity contribution in [2.24, 2.45) is 57.7 Å². The van der Waals surface area contributed by atoms with Crippen molar-refractivity contribution >= 4 is 0 Å². The van der Waals surface area contributed by atoms with Gasteiger partial charge < -0.3 is 4.90 Å². The Morgan fingerprint density at radius 2 is 1.18 bits per heavy atom. The molecule has 0 N–H and O–H groups in total. The van der Waals surface area contributed by atoms with Gasteiger partial charge in [-0.2, -0.15) is 0 Å². The van der Waals surface area contributed by atoms with Crippen LogP contribution in [-0.2, 0) is 0 Å². The highest BCUT2D eigenvalue weighted by molar-refractivity contribution is 5.04. The van der Waals surface area contributed by atoms with Crippen LogP contribution in [0.1, 0.15) is 289 Å². The molecule has 3 saturated carbocycles. The number of hydrogen-bond acceptors (Lipinski definition) is 1. The molecule has 3 aliphatic carbocycles. The van der Waals surface area contributed by atoms with Crippen LogP contribution in [0.25, 0.3) is 0 Å². The summed E-state index contributed by atoms with van der Waals surface area (Å²) in [6.45, 7) is 31.0. The molecule has 0 radical (unpaired) electrons. The standard InChI is InChI=1S/C35H66.C19H36.C7H17N/c1-9-10-11-12-17-30-22-25-35(8)29(5)21-24-34(7)31(18-14-23-33(35,6)26-30)19-20-32(34)28(4)16-13-15-27(2)3;1-3-5-7-9-11-13-15-17-19-18-16-14-12-10-8-6-4-2;1-5-7(2)6-8(3)4/h27-32H,9-26H2,1-8H3;11,13,17,19H,3-10,12,14-16,18H2,1-2H3;7H,5-6H2,1-4H3/b;13-11-,19-17-;. The molecule has 9 atom stereocenters. The highest BCUT2D eigenvalue weighted by atomic mass is 15.1. The van der Waals surface area contributed by atoms with Gasteiger partial charge in [0.05, 0.1) is 0 Å². The Morgan fingerprint density at radius 3 is 1.76 bits per heavy atom. The zero-order valence-electron chi connectivity index (χ0n) is 45.6. The molecular weight excluding hydrogens is 747 g/mol. The average molecular weight is 867 g/mol. The first-order chi connectivity index (χ1) is 29.6. The van der Waals surface area contributed by atoms with E-state index in [1.165, 1.54) is 206 Å².